The molecule has 6 heteroatoms. The lowest BCUT2D eigenvalue weighted by Crippen LogP contribution is -2.21. The van der Waals surface area contributed by atoms with Crippen molar-refractivity contribution in [3.8, 4) is 11.5 Å². The standard InChI is InChI=1S/C14H18ClN3O2/c1-14(2,3)11(19-4)12-17-13(20-18-12)10-8(15)6-5-7-9(10)16/h5-7,11H,16H2,1-4H3. The predicted molar refractivity (Wildman–Crippen MR) is 78.4 cm³/mol. The molecule has 0 aliphatic heterocycles. The first kappa shape index (κ1) is 14.8. The minimum Gasteiger partial charge on any atom is -0.398 e. The van der Waals surface area contributed by atoms with Gasteiger partial charge in [-0.3, -0.25) is 0 Å². The van der Waals surface area contributed by atoms with Crippen LogP contribution in [0.5, 0.6) is 0 Å². The number of nitrogens with zero attached hydrogens (tertiary/aromatic N) is 2. The summed E-state index contributed by atoms with van der Waals surface area (Å²) in [6, 6.07) is 5.24. The van der Waals surface area contributed by atoms with Gasteiger partial charge >= 0.3 is 0 Å². The van der Waals surface area contributed by atoms with Gasteiger partial charge in [0.05, 0.1) is 10.6 Å². The molecule has 5 nitrogen and oxygen atoms in total. The van der Waals surface area contributed by atoms with Crippen molar-refractivity contribution in [3.05, 3.63) is 29.0 Å². The maximum Gasteiger partial charge on any atom is 0.261 e. The number of benzene rings is 1. The topological polar surface area (TPSA) is 74.2 Å². The Morgan fingerprint density at radius 3 is 2.60 bits per heavy atom. The molecule has 1 aromatic heterocycles. The Morgan fingerprint density at radius 1 is 1.35 bits per heavy atom. The molecule has 1 aromatic carbocycles. The van der Waals surface area contributed by atoms with Crippen LogP contribution in [0.4, 0.5) is 5.69 Å². The first-order valence-electron chi connectivity index (χ1n) is 6.25. The largest absolute Gasteiger partial charge is 0.398 e. The third-order valence-corrected chi connectivity index (χ3v) is 3.27. The van der Waals surface area contributed by atoms with E-state index in [0.717, 1.165) is 0 Å². The van der Waals surface area contributed by atoms with Gasteiger partial charge in [-0.15, -0.1) is 0 Å². The third-order valence-electron chi connectivity index (χ3n) is 2.96. The van der Waals surface area contributed by atoms with Gasteiger partial charge in [0.2, 0.25) is 5.82 Å². The summed E-state index contributed by atoms with van der Waals surface area (Å²) in [5, 5.41) is 4.46. The number of hydrogen-bond donors (Lipinski definition) is 1. The first-order chi connectivity index (χ1) is 9.34. The van der Waals surface area contributed by atoms with Crippen molar-refractivity contribution in [2.45, 2.75) is 26.9 Å². The van der Waals surface area contributed by atoms with E-state index in [-0.39, 0.29) is 11.5 Å². The lowest BCUT2D eigenvalue weighted by molar-refractivity contribution is 0.00718. The maximum atomic E-state index is 6.14. The van der Waals surface area contributed by atoms with Crippen LogP contribution in [0.25, 0.3) is 11.5 Å². The Morgan fingerprint density at radius 2 is 2.05 bits per heavy atom. The molecule has 108 valence electrons. The number of rotatable bonds is 3. The molecule has 0 spiro atoms. The molecule has 0 saturated carbocycles. The zero-order valence-corrected chi connectivity index (χ0v) is 12.7. The first-order valence-corrected chi connectivity index (χ1v) is 6.63. The summed E-state index contributed by atoms with van der Waals surface area (Å²) in [6.07, 6.45) is -0.274. The van der Waals surface area contributed by atoms with Gasteiger partial charge in [0.15, 0.2) is 0 Å². The Balaban J connectivity index is 2.43. The Bertz CT molecular complexity index is 584. The average molecular weight is 296 g/mol. The van der Waals surface area contributed by atoms with Gasteiger partial charge in [0.1, 0.15) is 6.10 Å². The van der Waals surface area contributed by atoms with Crippen molar-refractivity contribution in [1.82, 2.24) is 10.1 Å². The number of halogens is 1. The molecule has 0 fully saturated rings. The van der Waals surface area contributed by atoms with Gasteiger partial charge < -0.3 is 15.0 Å². The highest BCUT2D eigenvalue weighted by Gasteiger charge is 2.31. The number of ether oxygens (including phenoxy) is 1. The number of nitrogen functional groups attached to an aromatic ring is 1. The molecule has 0 aliphatic rings. The molecule has 0 radical (unpaired) electrons. The van der Waals surface area contributed by atoms with Gasteiger partial charge in [0.25, 0.3) is 5.89 Å². The summed E-state index contributed by atoms with van der Waals surface area (Å²) in [5.41, 5.74) is 6.81. The third kappa shape index (κ3) is 2.78. The Labute approximate surface area is 123 Å². The van der Waals surface area contributed by atoms with E-state index in [1.54, 1.807) is 25.3 Å². The Hall–Kier alpha value is -1.59. The van der Waals surface area contributed by atoms with Crippen LogP contribution in [-0.4, -0.2) is 17.3 Å². The summed E-state index contributed by atoms with van der Waals surface area (Å²) < 4.78 is 10.7. The molecule has 2 aromatic rings. The van der Waals surface area contributed by atoms with Gasteiger partial charge in [-0.05, 0) is 17.5 Å². The molecule has 1 unspecified atom stereocenters. The summed E-state index contributed by atoms with van der Waals surface area (Å²) in [7, 11) is 1.62. The summed E-state index contributed by atoms with van der Waals surface area (Å²) >= 11 is 6.14. The van der Waals surface area contributed by atoms with Gasteiger partial charge in [0, 0.05) is 12.8 Å². The molecule has 0 bridgehead atoms. The van der Waals surface area contributed by atoms with E-state index in [9.17, 15) is 0 Å². The van der Waals surface area contributed by atoms with Crippen molar-refractivity contribution in [3.63, 3.8) is 0 Å². The van der Waals surface area contributed by atoms with Crippen molar-refractivity contribution in [2.24, 2.45) is 5.41 Å². The monoisotopic (exact) mass is 295 g/mol. The van der Waals surface area contributed by atoms with E-state index in [0.29, 0.717) is 28.0 Å². The molecule has 1 atom stereocenters. The number of anilines is 1. The van der Waals surface area contributed by atoms with Crippen LogP contribution in [-0.2, 0) is 4.74 Å². The molecule has 2 N–H and O–H groups in total. The van der Waals surface area contributed by atoms with Crippen LogP contribution in [0.2, 0.25) is 5.02 Å². The molecule has 20 heavy (non-hydrogen) atoms. The van der Waals surface area contributed by atoms with E-state index >= 15 is 0 Å². The van der Waals surface area contributed by atoms with Gasteiger partial charge in [-0.2, -0.15) is 4.98 Å². The SMILES string of the molecule is COC(c1noc(-c2c(N)cccc2Cl)n1)C(C)(C)C. The maximum absolute atomic E-state index is 6.14. The zero-order valence-electron chi connectivity index (χ0n) is 12.0. The normalized spacial score (nSPS) is 13.4. The fourth-order valence-corrected chi connectivity index (χ4v) is 2.32. The van der Waals surface area contributed by atoms with E-state index in [1.165, 1.54) is 0 Å². The molecule has 0 amide bonds. The van der Waals surface area contributed by atoms with Crippen molar-refractivity contribution < 1.29 is 9.26 Å². The molecule has 1 heterocycles. The minimum absolute atomic E-state index is 0.151. The lowest BCUT2D eigenvalue weighted by atomic mass is 9.88. The molecule has 0 saturated heterocycles. The summed E-state index contributed by atoms with van der Waals surface area (Å²) in [5.74, 6) is 0.781. The fourth-order valence-electron chi connectivity index (χ4n) is 2.06. The van der Waals surface area contributed by atoms with E-state index in [2.05, 4.69) is 10.1 Å². The number of methoxy groups -OCH3 is 1. The second-order valence-electron chi connectivity index (χ2n) is 5.64. The van der Waals surface area contributed by atoms with Crippen LogP contribution >= 0.6 is 11.6 Å². The molecule has 0 aliphatic carbocycles. The fraction of sp³-hybridized carbons (Fsp3) is 0.429. The minimum atomic E-state index is -0.274. The van der Waals surface area contributed by atoms with Crippen molar-refractivity contribution in [2.75, 3.05) is 12.8 Å². The summed E-state index contributed by atoms with van der Waals surface area (Å²) in [4.78, 5) is 4.37. The smallest absolute Gasteiger partial charge is 0.261 e. The summed E-state index contributed by atoms with van der Waals surface area (Å²) in [6.45, 7) is 6.13. The van der Waals surface area contributed by atoms with Crippen LogP contribution in [0.15, 0.2) is 22.7 Å². The molecular formula is C14H18ClN3O2. The molecule has 2 rings (SSSR count). The highest BCUT2D eigenvalue weighted by Crippen LogP contribution is 2.37. The highest BCUT2D eigenvalue weighted by atomic mass is 35.5. The van der Waals surface area contributed by atoms with Crippen LogP contribution < -0.4 is 5.73 Å². The lowest BCUT2D eigenvalue weighted by Gasteiger charge is -2.26. The second kappa shape index (κ2) is 5.42. The van der Waals surface area contributed by atoms with E-state index < -0.39 is 0 Å². The zero-order chi connectivity index (χ0) is 14.9. The quantitative estimate of drug-likeness (QED) is 0.874. The van der Waals surface area contributed by atoms with Crippen LogP contribution in [0, 0.1) is 5.41 Å². The predicted octanol–water partition coefficient (Wildman–Crippen LogP) is 3.71. The Kier molecular flexibility index (Phi) is 4.01. The highest BCUT2D eigenvalue weighted by molar-refractivity contribution is 6.33. The van der Waals surface area contributed by atoms with Crippen molar-refractivity contribution >= 4 is 17.3 Å². The van der Waals surface area contributed by atoms with Gasteiger partial charge in [-0.25, -0.2) is 0 Å². The van der Waals surface area contributed by atoms with Gasteiger partial charge in [-0.1, -0.05) is 43.6 Å². The van der Waals surface area contributed by atoms with E-state index in [4.69, 9.17) is 26.6 Å². The van der Waals surface area contributed by atoms with E-state index in [1.807, 2.05) is 20.8 Å². The average Bonchev–Trinajstić information content (AvgIpc) is 2.77. The number of aromatic nitrogens is 2. The van der Waals surface area contributed by atoms with Crippen LogP contribution in [0.3, 0.4) is 0 Å². The van der Waals surface area contributed by atoms with Crippen molar-refractivity contribution in [1.29, 1.82) is 0 Å². The second-order valence-corrected chi connectivity index (χ2v) is 6.05. The molecular weight excluding hydrogens is 278 g/mol. The number of hydrogen-bond acceptors (Lipinski definition) is 5. The number of nitrogens with two attached hydrogens (primary N) is 1. The van der Waals surface area contributed by atoms with Crippen LogP contribution in [0.1, 0.15) is 32.7 Å².